The Kier molecular flexibility index (Phi) is 3.75. The lowest BCUT2D eigenvalue weighted by Gasteiger charge is -2.23. The van der Waals surface area contributed by atoms with Crippen LogP contribution in [0.15, 0.2) is 18.3 Å². The number of aromatic nitrogens is 3. The molecule has 3 rings (SSSR count). The van der Waals surface area contributed by atoms with Crippen LogP contribution in [-0.4, -0.2) is 40.3 Å². The molecule has 1 unspecified atom stereocenters. The van der Waals surface area contributed by atoms with Crippen molar-refractivity contribution in [3.05, 3.63) is 24.2 Å². The van der Waals surface area contributed by atoms with Gasteiger partial charge >= 0.3 is 0 Å². The van der Waals surface area contributed by atoms with Crippen molar-refractivity contribution in [1.82, 2.24) is 19.9 Å². The molecule has 5 nitrogen and oxygen atoms in total. The predicted octanol–water partition coefficient (Wildman–Crippen LogP) is 1.37. The molecule has 2 aromatic heterocycles. The lowest BCUT2D eigenvalue weighted by atomic mass is 10.2. The van der Waals surface area contributed by atoms with Crippen molar-refractivity contribution in [3.8, 4) is 0 Å². The topological polar surface area (TPSA) is 52.0 Å². The summed E-state index contributed by atoms with van der Waals surface area (Å²) in [6, 6.07) is 3.96. The fourth-order valence-electron chi connectivity index (χ4n) is 2.57. The SMILES string of the molecule is CCCn1c(CC2CNCCO2)nc2cccnc21. The van der Waals surface area contributed by atoms with E-state index in [0.29, 0.717) is 0 Å². The minimum Gasteiger partial charge on any atom is -0.375 e. The first-order chi connectivity index (χ1) is 9.38. The Morgan fingerprint density at radius 1 is 1.53 bits per heavy atom. The average molecular weight is 260 g/mol. The first-order valence-corrected chi connectivity index (χ1v) is 7.01. The molecule has 1 N–H and O–H groups in total. The first kappa shape index (κ1) is 12.6. The van der Waals surface area contributed by atoms with Crippen LogP contribution in [0.4, 0.5) is 0 Å². The molecule has 3 heterocycles. The zero-order valence-corrected chi connectivity index (χ0v) is 11.3. The van der Waals surface area contributed by atoms with E-state index in [-0.39, 0.29) is 6.10 Å². The number of aryl methyl sites for hydroxylation is 1. The van der Waals surface area contributed by atoms with E-state index in [2.05, 4.69) is 21.8 Å². The molecule has 0 radical (unpaired) electrons. The summed E-state index contributed by atoms with van der Waals surface area (Å²) in [5, 5.41) is 3.36. The molecule has 0 aliphatic carbocycles. The maximum absolute atomic E-state index is 5.77. The van der Waals surface area contributed by atoms with Gasteiger partial charge in [0.05, 0.1) is 12.7 Å². The number of hydrogen-bond donors (Lipinski definition) is 1. The fourth-order valence-corrected chi connectivity index (χ4v) is 2.57. The van der Waals surface area contributed by atoms with Crippen molar-refractivity contribution in [2.45, 2.75) is 32.4 Å². The van der Waals surface area contributed by atoms with E-state index in [1.165, 1.54) is 0 Å². The number of hydrogen-bond acceptors (Lipinski definition) is 4. The minimum atomic E-state index is 0.223. The molecule has 0 aromatic carbocycles. The third kappa shape index (κ3) is 2.62. The number of rotatable bonds is 4. The van der Waals surface area contributed by atoms with Gasteiger partial charge in [-0.05, 0) is 18.6 Å². The second-order valence-electron chi connectivity index (χ2n) is 4.93. The quantitative estimate of drug-likeness (QED) is 0.902. The zero-order chi connectivity index (χ0) is 13.1. The predicted molar refractivity (Wildman–Crippen MR) is 74.1 cm³/mol. The molecular formula is C14H20N4O. The molecule has 5 heteroatoms. The Labute approximate surface area is 113 Å². The van der Waals surface area contributed by atoms with Crippen molar-refractivity contribution in [3.63, 3.8) is 0 Å². The monoisotopic (exact) mass is 260 g/mol. The number of imidazole rings is 1. The molecular weight excluding hydrogens is 240 g/mol. The Morgan fingerprint density at radius 2 is 2.47 bits per heavy atom. The van der Waals surface area contributed by atoms with Gasteiger partial charge in [-0.2, -0.15) is 0 Å². The largest absolute Gasteiger partial charge is 0.375 e. The van der Waals surface area contributed by atoms with Crippen LogP contribution in [0.3, 0.4) is 0 Å². The molecule has 19 heavy (non-hydrogen) atoms. The summed E-state index contributed by atoms with van der Waals surface area (Å²) >= 11 is 0. The van der Waals surface area contributed by atoms with E-state index in [9.17, 15) is 0 Å². The highest BCUT2D eigenvalue weighted by Gasteiger charge is 2.18. The van der Waals surface area contributed by atoms with Gasteiger partial charge in [-0.3, -0.25) is 0 Å². The summed E-state index contributed by atoms with van der Waals surface area (Å²) < 4.78 is 8.00. The summed E-state index contributed by atoms with van der Waals surface area (Å²) in [7, 11) is 0. The number of morpholine rings is 1. The van der Waals surface area contributed by atoms with Gasteiger partial charge in [0.2, 0.25) is 0 Å². The summed E-state index contributed by atoms with van der Waals surface area (Å²) in [4.78, 5) is 9.18. The highest BCUT2D eigenvalue weighted by Crippen LogP contribution is 2.16. The van der Waals surface area contributed by atoms with Crippen LogP contribution in [0, 0.1) is 0 Å². The van der Waals surface area contributed by atoms with Gasteiger partial charge in [0.25, 0.3) is 0 Å². The van der Waals surface area contributed by atoms with Crippen LogP contribution in [-0.2, 0) is 17.7 Å². The van der Waals surface area contributed by atoms with Gasteiger partial charge in [0, 0.05) is 32.3 Å². The van der Waals surface area contributed by atoms with E-state index >= 15 is 0 Å². The summed E-state index contributed by atoms with van der Waals surface area (Å²) in [5.41, 5.74) is 1.97. The molecule has 0 amide bonds. The molecule has 0 spiro atoms. The third-order valence-electron chi connectivity index (χ3n) is 3.44. The molecule has 2 aromatic rings. The summed E-state index contributed by atoms with van der Waals surface area (Å²) in [6.45, 7) is 5.78. The molecule has 0 saturated carbocycles. The average Bonchev–Trinajstić information content (AvgIpc) is 2.79. The smallest absolute Gasteiger partial charge is 0.159 e. The molecule has 1 saturated heterocycles. The van der Waals surface area contributed by atoms with E-state index in [0.717, 1.165) is 56.1 Å². The number of nitrogens with zero attached hydrogens (tertiary/aromatic N) is 3. The van der Waals surface area contributed by atoms with Crippen molar-refractivity contribution in [2.75, 3.05) is 19.7 Å². The van der Waals surface area contributed by atoms with Gasteiger partial charge in [-0.1, -0.05) is 6.92 Å². The zero-order valence-electron chi connectivity index (χ0n) is 11.3. The van der Waals surface area contributed by atoms with Crippen molar-refractivity contribution in [2.24, 2.45) is 0 Å². The first-order valence-electron chi connectivity index (χ1n) is 7.01. The number of ether oxygens (including phenoxy) is 1. The lowest BCUT2D eigenvalue weighted by molar-refractivity contribution is 0.0276. The van der Waals surface area contributed by atoms with Gasteiger partial charge in [-0.15, -0.1) is 0 Å². The van der Waals surface area contributed by atoms with Gasteiger partial charge in [0.1, 0.15) is 11.3 Å². The Morgan fingerprint density at radius 3 is 3.26 bits per heavy atom. The molecule has 102 valence electrons. The third-order valence-corrected chi connectivity index (χ3v) is 3.44. The van der Waals surface area contributed by atoms with Gasteiger partial charge < -0.3 is 14.6 Å². The standard InChI is InChI=1S/C14H20N4O/c1-2-7-18-13(9-11-10-15-6-8-19-11)17-12-4-3-5-16-14(12)18/h3-5,11,15H,2,6-10H2,1H3. The van der Waals surface area contributed by atoms with Crippen LogP contribution >= 0.6 is 0 Å². The van der Waals surface area contributed by atoms with E-state index in [1.54, 1.807) is 0 Å². The highest BCUT2D eigenvalue weighted by molar-refractivity contribution is 5.71. The lowest BCUT2D eigenvalue weighted by Crippen LogP contribution is -2.40. The summed E-state index contributed by atoms with van der Waals surface area (Å²) in [5.74, 6) is 1.09. The van der Waals surface area contributed by atoms with Crippen LogP contribution in [0.1, 0.15) is 19.2 Å². The molecule has 1 aliphatic rings. The van der Waals surface area contributed by atoms with Crippen LogP contribution < -0.4 is 5.32 Å². The van der Waals surface area contributed by atoms with Crippen molar-refractivity contribution >= 4 is 11.2 Å². The molecule has 0 bridgehead atoms. The second-order valence-corrected chi connectivity index (χ2v) is 4.93. The molecule has 1 atom stereocenters. The number of fused-ring (bicyclic) bond motifs is 1. The number of pyridine rings is 1. The Hall–Kier alpha value is -1.46. The van der Waals surface area contributed by atoms with Crippen LogP contribution in [0.25, 0.3) is 11.2 Å². The highest BCUT2D eigenvalue weighted by atomic mass is 16.5. The van der Waals surface area contributed by atoms with Crippen molar-refractivity contribution < 1.29 is 4.74 Å². The van der Waals surface area contributed by atoms with Gasteiger partial charge in [0.15, 0.2) is 5.65 Å². The molecule has 1 fully saturated rings. The normalized spacial score (nSPS) is 19.9. The van der Waals surface area contributed by atoms with Crippen LogP contribution in [0.5, 0.6) is 0 Å². The van der Waals surface area contributed by atoms with E-state index in [1.807, 2.05) is 18.3 Å². The van der Waals surface area contributed by atoms with Crippen molar-refractivity contribution in [1.29, 1.82) is 0 Å². The maximum atomic E-state index is 5.77. The maximum Gasteiger partial charge on any atom is 0.159 e. The fraction of sp³-hybridized carbons (Fsp3) is 0.571. The summed E-state index contributed by atoms with van der Waals surface area (Å²) in [6.07, 6.45) is 3.99. The van der Waals surface area contributed by atoms with Gasteiger partial charge in [-0.25, -0.2) is 9.97 Å². The Balaban J connectivity index is 1.90. The molecule has 1 aliphatic heterocycles. The Bertz CT molecular complexity index is 545. The second kappa shape index (κ2) is 5.67. The number of nitrogens with one attached hydrogen (secondary N) is 1. The van der Waals surface area contributed by atoms with Crippen LogP contribution in [0.2, 0.25) is 0 Å². The minimum absolute atomic E-state index is 0.223. The van der Waals surface area contributed by atoms with E-state index in [4.69, 9.17) is 9.72 Å². The van der Waals surface area contributed by atoms with E-state index < -0.39 is 0 Å².